The van der Waals surface area contributed by atoms with Crippen molar-refractivity contribution in [1.29, 1.82) is 0 Å². The SMILES string of the molecule is Cc1cc(C)c(NC(=O)CN2CCC(C)C2CO)c(Cl)c1. The third kappa shape index (κ3) is 3.76. The first-order chi connectivity index (χ1) is 9.92. The molecule has 0 saturated carbocycles. The number of carbonyl (C=O) groups is 1. The number of aliphatic hydroxyl groups is 1. The molecule has 0 aliphatic carbocycles. The number of aliphatic hydroxyl groups excluding tert-OH is 1. The second kappa shape index (κ2) is 6.77. The topological polar surface area (TPSA) is 52.6 Å². The highest BCUT2D eigenvalue weighted by atomic mass is 35.5. The van der Waals surface area contributed by atoms with Gasteiger partial charge in [0.15, 0.2) is 0 Å². The number of nitrogens with one attached hydrogen (secondary N) is 1. The van der Waals surface area contributed by atoms with Crippen LogP contribution in [0.5, 0.6) is 0 Å². The van der Waals surface area contributed by atoms with Crippen LogP contribution in [0.3, 0.4) is 0 Å². The molecule has 1 heterocycles. The monoisotopic (exact) mass is 310 g/mol. The van der Waals surface area contributed by atoms with E-state index in [1.54, 1.807) is 0 Å². The minimum atomic E-state index is -0.0867. The number of halogens is 1. The quantitative estimate of drug-likeness (QED) is 0.899. The average molecular weight is 311 g/mol. The Bertz CT molecular complexity index is 510. The number of likely N-dealkylation sites (tertiary alicyclic amines) is 1. The lowest BCUT2D eigenvalue weighted by Gasteiger charge is -2.24. The van der Waals surface area contributed by atoms with E-state index in [1.165, 1.54) is 0 Å². The molecular formula is C16H23ClN2O2. The highest BCUT2D eigenvalue weighted by Crippen LogP contribution is 2.28. The van der Waals surface area contributed by atoms with Gasteiger partial charge in [0.05, 0.1) is 23.9 Å². The van der Waals surface area contributed by atoms with Crippen molar-refractivity contribution in [3.8, 4) is 0 Å². The maximum Gasteiger partial charge on any atom is 0.238 e. The number of benzene rings is 1. The molecule has 2 unspecified atom stereocenters. The summed E-state index contributed by atoms with van der Waals surface area (Å²) in [5, 5.41) is 12.9. The summed E-state index contributed by atoms with van der Waals surface area (Å²) in [7, 11) is 0. The standard InChI is InChI=1S/C16H23ClN2O2/c1-10-6-12(3)16(13(17)7-10)18-15(21)8-19-5-4-11(2)14(19)9-20/h6-7,11,14,20H,4-5,8-9H2,1-3H3,(H,18,21). The van der Waals surface area contributed by atoms with Crippen LogP contribution in [0.25, 0.3) is 0 Å². The number of aryl methyl sites for hydroxylation is 2. The normalized spacial score (nSPS) is 22.5. The van der Waals surface area contributed by atoms with Gasteiger partial charge in [-0.2, -0.15) is 0 Å². The van der Waals surface area contributed by atoms with Gasteiger partial charge in [-0.25, -0.2) is 0 Å². The van der Waals surface area contributed by atoms with E-state index in [9.17, 15) is 9.90 Å². The predicted molar refractivity (Wildman–Crippen MR) is 85.8 cm³/mol. The summed E-state index contributed by atoms with van der Waals surface area (Å²) in [4.78, 5) is 14.3. The van der Waals surface area contributed by atoms with E-state index in [-0.39, 0.29) is 18.6 Å². The number of carbonyl (C=O) groups excluding carboxylic acids is 1. The fourth-order valence-electron chi connectivity index (χ4n) is 3.02. The Morgan fingerprint density at radius 3 is 2.81 bits per heavy atom. The van der Waals surface area contributed by atoms with Crippen LogP contribution >= 0.6 is 11.6 Å². The van der Waals surface area contributed by atoms with E-state index in [0.29, 0.717) is 23.2 Å². The van der Waals surface area contributed by atoms with Gasteiger partial charge in [0.1, 0.15) is 0 Å². The van der Waals surface area contributed by atoms with Crippen LogP contribution in [-0.4, -0.2) is 41.7 Å². The lowest BCUT2D eigenvalue weighted by molar-refractivity contribution is -0.117. The van der Waals surface area contributed by atoms with Crippen molar-refractivity contribution in [2.24, 2.45) is 5.92 Å². The van der Waals surface area contributed by atoms with Crippen molar-refractivity contribution in [1.82, 2.24) is 4.90 Å². The first-order valence-corrected chi connectivity index (χ1v) is 7.71. The molecule has 2 atom stereocenters. The van der Waals surface area contributed by atoms with E-state index in [4.69, 9.17) is 11.6 Å². The van der Waals surface area contributed by atoms with Crippen LogP contribution in [0.4, 0.5) is 5.69 Å². The fraction of sp³-hybridized carbons (Fsp3) is 0.562. The maximum absolute atomic E-state index is 12.2. The van der Waals surface area contributed by atoms with Gasteiger partial charge in [0.25, 0.3) is 0 Å². The van der Waals surface area contributed by atoms with Crippen molar-refractivity contribution in [3.05, 3.63) is 28.3 Å². The summed E-state index contributed by atoms with van der Waals surface area (Å²) in [6.07, 6.45) is 1.02. The van der Waals surface area contributed by atoms with Gasteiger partial charge >= 0.3 is 0 Å². The van der Waals surface area contributed by atoms with Gasteiger partial charge in [0, 0.05) is 6.04 Å². The van der Waals surface area contributed by atoms with Gasteiger partial charge in [-0.1, -0.05) is 24.6 Å². The zero-order valence-electron chi connectivity index (χ0n) is 12.8. The minimum absolute atomic E-state index is 0.0744. The Morgan fingerprint density at radius 1 is 1.48 bits per heavy atom. The van der Waals surface area contributed by atoms with Crippen molar-refractivity contribution in [3.63, 3.8) is 0 Å². The molecule has 1 aromatic rings. The molecule has 4 nitrogen and oxygen atoms in total. The van der Waals surface area contributed by atoms with Crippen LogP contribution in [0.15, 0.2) is 12.1 Å². The van der Waals surface area contributed by atoms with E-state index in [1.807, 2.05) is 30.9 Å². The second-order valence-corrected chi connectivity index (χ2v) is 6.38. The number of rotatable bonds is 4. The van der Waals surface area contributed by atoms with Crippen LogP contribution in [0.1, 0.15) is 24.5 Å². The zero-order valence-corrected chi connectivity index (χ0v) is 13.6. The van der Waals surface area contributed by atoms with Crippen molar-refractivity contribution in [2.45, 2.75) is 33.2 Å². The molecular weight excluding hydrogens is 288 g/mol. The summed E-state index contributed by atoms with van der Waals surface area (Å²) in [5.41, 5.74) is 2.71. The van der Waals surface area contributed by atoms with Crippen molar-refractivity contribution >= 4 is 23.2 Å². The van der Waals surface area contributed by atoms with E-state index >= 15 is 0 Å². The fourth-order valence-corrected chi connectivity index (χ4v) is 3.39. The van der Waals surface area contributed by atoms with Gasteiger partial charge in [0.2, 0.25) is 5.91 Å². The molecule has 1 amide bonds. The van der Waals surface area contributed by atoms with Crippen LogP contribution < -0.4 is 5.32 Å². The highest BCUT2D eigenvalue weighted by Gasteiger charge is 2.31. The summed E-state index contributed by atoms with van der Waals surface area (Å²) in [6, 6.07) is 3.92. The Labute approximate surface area is 131 Å². The van der Waals surface area contributed by atoms with Crippen molar-refractivity contribution < 1.29 is 9.90 Å². The largest absolute Gasteiger partial charge is 0.395 e. The Morgan fingerprint density at radius 2 is 2.19 bits per heavy atom. The molecule has 0 spiro atoms. The maximum atomic E-state index is 12.2. The van der Waals surface area contributed by atoms with E-state index in [0.717, 1.165) is 24.1 Å². The molecule has 1 aromatic carbocycles. The van der Waals surface area contributed by atoms with E-state index < -0.39 is 0 Å². The van der Waals surface area contributed by atoms with Gasteiger partial charge < -0.3 is 10.4 Å². The summed E-state index contributed by atoms with van der Waals surface area (Å²) in [6.45, 7) is 7.25. The van der Waals surface area contributed by atoms with Crippen LogP contribution in [0.2, 0.25) is 5.02 Å². The average Bonchev–Trinajstić information content (AvgIpc) is 2.74. The molecule has 1 aliphatic rings. The van der Waals surface area contributed by atoms with Gasteiger partial charge in [-0.3, -0.25) is 9.69 Å². The van der Waals surface area contributed by atoms with Crippen LogP contribution in [0, 0.1) is 19.8 Å². The summed E-state index contributed by atoms with van der Waals surface area (Å²) >= 11 is 6.21. The summed E-state index contributed by atoms with van der Waals surface area (Å²) < 4.78 is 0. The number of hydrogen-bond donors (Lipinski definition) is 2. The zero-order chi connectivity index (χ0) is 15.6. The lowest BCUT2D eigenvalue weighted by atomic mass is 10.0. The van der Waals surface area contributed by atoms with Crippen LogP contribution in [-0.2, 0) is 4.79 Å². The second-order valence-electron chi connectivity index (χ2n) is 5.97. The molecule has 1 saturated heterocycles. The number of hydrogen-bond acceptors (Lipinski definition) is 3. The Hall–Kier alpha value is -1.10. The first-order valence-electron chi connectivity index (χ1n) is 7.34. The Balaban J connectivity index is 2.03. The molecule has 0 bridgehead atoms. The van der Waals surface area contributed by atoms with E-state index in [2.05, 4.69) is 12.2 Å². The number of amides is 1. The third-order valence-corrected chi connectivity index (χ3v) is 4.53. The first kappa shape index (κ1) is 16.3. The highest BCUT2D eigenvalue weighted by molar-refractivity contribution is 6.34. The Kier molecular flexibility index (Phi) is 5.25. The molecule has 116 valence electrons. The molecule has 5 heteroatoms. The molecule has 1 fully saturated rings. The summed E-state index contributed by atoms with van der Waals surface area (Å²) in [5.74, 6) is 0.337. The third-order valence-electron chi connectivity index (χ3n) is 4.23. The smallest absolute Gasteiger partial charge is 0.238 e. The number of anilines is 1. The van der Waals surface area contributed by atoms with Crippen molar-refractivity contribution in [2.75, 3.05) is 25.0 Å². The molecule has 0 radical (unpaired) electrons. The number of nitrogens with zero attached hydrogens (tertiary/aromatic N) is 1. The molecule has 1 aliphatic heterocycles. The molecule has 2 rings (SSSR count). The molecule has 21 heavy (non-hydrogen) atoms. The molecule has 0 aromatic heterocycles. The molecule has 2 N–H and O–H groups in total. The predicted octanol–water partition coefficient (Wildman–Crippen LogP) is 2.60. The van der Waals surface area contributed by atoms with Gasteiger partial charge in [-0.05, 0) is 49.9 Å². The minimum Gasteiger partial charge on any atom is -0.395 e. The lowest BCUT2D eigenvalue weighted by Crippen LogP contribution is -2.40. The van der Waals surface area contributed by atoms with Gasteiger partial charge in [-0.15, -0.1) is 0 Å².